The molecular weight excluding hydrogens is 556 g/mol. The van der Waals surface area contributed by atoms with Gasteiger partial charge in [0.05, 0.1) is 17.1 Å². The van der Waals surface area contributed by atoms with Gasteiger partial charge in [0.1, 0.15) is 5.75 Å². The number of anilines is 1. The molecule has 218 valence electrons. The molecule has 0 aromatic heterocycles. The van der Waals surface area contributed by atoms with Gasteiger partial charge in [-0.3, -0.25) is 9.10 Å². The highest BCUT2D eigenvalue weighted by Gasteiger charge is 2.25. The lowest BCUT2D eigenvalue weighted by atomic mass is 10.1. The molecule has 0 heterocycles. The molecule has 0 atom stereocenters. The number of aryl methyl sites for hydroxylation is 1. The largest absolute Gasteiger partial charge is 0.484 e. The van der Waals surface area contributed by atoms with Crippen molar-refractivity contribution < 1.29 is 17.9 Å². The highest BCUT2D eigenvalue weighted by molar-refractivity contribution is 7.92. The van der Waals surface area contributed by atoms with Gasteiger partial charge in [-0.15, -0.1) is 0 Å². The molecule has 0 saturated carbocycles. The molecule has 0 aliphatic carbocycles. The number of hydrogen-bond donors (Lipinski definition) is 0. The van der Waals surface area contributed by atoms with Crippen LogP contribution in [0.4, 0.5) is 5.69 Å². The summed E-state index contributed by atoms with van der Waals surface area (Å²) >= 11 is 0. The van der Waals surface area contributed by atoms with Crippen molar-refractivity contribution in [3.05, 3.63) is 162 Å². The molecule has 0 saturated heterocycles. The average Bonchev–Trinajstić information content (AvgIpc) is 3.04. The minimum absolute atomic E-state index is 0.144. The molecule has 0 spiro atoms. The highest BCUT2D eigenvalue weighted by Crippen LogP contribution is 2.28. The predicted molar refractivity (Wildman–Crippen MR) is 170 cm³/mol. The molecule has 0 radical (unpaired) electrons. The maximum absolute atomic E-state index is 13.8. The Morgan fingerprint density at radius 2 is 1.07 bits per heavy atom. The summed E-state index contributed by atoms with van der Waals surface area (Å²) < 4.78 is 34.8. The van der Waals surface area contributed by atoms with Crippen molar-refractivity contribution in [2.75, 3.05) is 10.9 Å². The summed E-state index contributed by atoms with van der Waals surface area (Å²) in [5.41, 5.74) is 4.41. The number of benzene rings is 5. The molecule has 1 amide bonds. The lowest BCUT2D eigenvalue weighted by molar-refractivity contribution is -0.134. The molecule has 0 bridgehead atoms. The highest BCUT2D eigenvalue weighted by atomic mass is 32.2. The Bertz CT molecular complexity index is 1670. The van der Waals surface area contributed by atoms with E-state index in [2.05, 4.69) is 0 Å². The van der Waals surface area contributed by atoms with Crippen LogP contribution in [0.5, 0.6) is 5.75 Å². The predicted octanol–water partition coefficient (Wildman–Crippen LogP) is 7.00. The number of sulfonamides is 1. The Kier molecular flexibility index (Phi) is 9.54. The van der Waals surface area contributed by atoms with Gasteiger partial charge in [-0.25, -0.2) is 8.42 Å². The van der Waals surface area contributed by atoms with Crippen molar-refractivity contribution in [2.24, 2.45) is 0 Å². The fraction of sp³-hybridized carbons (Fsp3) is 0.139. The Balaban J connectivity index is 1.32. The summed E-state index contributed by atoms with van der Waals surface area (Å²) in [7, 11) is -3.85. The van der Waals surface area contributed by atoms with Crippen molar-refractivity contribution in [2.45, 2.75) is 31.5 Å². The fourth-order valence-corrected chi connectivity index (χ4v) is 6.14. The zero-order chi connectivity index (χ0) is 30.1. The van der Waals surface area contributed by atoms with E-state index in [4.69, 9.17) is 4.74 Å². The van der Waals surface area contributed by atoms with Crippen LogP contribution in [0.15, 0.2) is 144 Å². The van der Waals surface area contributed by atoms with Gasteiger partial charge >= 0.3 is 0 Å². The van der Waals surface area contributed by atoms with Gasteiger partial charge in [-0.1, -0.05) is 109 Å². The van der Waals surface area contributed by atoms with Gasteiger partial charge in [-0.05, 0) is 60.0 Å². The van der Waals surface area contributed by atoms with Gasteiger partial charge in [-0.2, -0.15) is 0 Å². The number of carbonyl (C=O) groups is 1. The minimum Gasteiger partial charge on any atom is -0.484 e. The van der Waals surface area contributed by atoms with E-state index in [1.54, 1.807) is 53.4 Å². The lowest BCUT2D eigenvalue weighted by Gasteiger charge is -2.25. The average molecular weight is 591 g/mol. The summed E-state index contributed by atoms with van der Waals surface area (Å²) in [6.07, 6.45) is 0. The first-order valence-electron chi connectivity index (χ1n) is 14.1. The summed E-state index contributed by atoms with van der Waals surface area (Å²) in [5, 5.41) is 0. The van der Waals surface area contributed by atoms with E-state index in [0.29, 0.717) is 24.5 Å². The monoisotopic (exact) mass is 590 g/mol. The van der Waals surface area contributed by atoms with Crippen LogP contribution in [0.3, 0.4) is 0 Å². The number of rotatable bonds is 12. The van der Waals surface area contributed by atoms with E-state index in [9.17, 15) is 13.2 Å². The van der Waals surface area contributed by atoms with E-state index < -0.39 is 10.0 Å². The topological polar surface area (TPSA) is 66.9 Å². The van der Waals surface area contributed by atoms with Gasteiger partial charge in [0.25, 0.3) is 15.9 Å². The summed E-state index contributed by atoms with van der Waals surface area (Å²) in [6, 6.07) is 42.8. The van der Waals surface area contributed by atoms with Crippen molar-refractivity contribution in [1.82, 2.24) is 4.90 Å². The van der Waals surface area contributed by atoms with E-state index in [1.165, 1.54) is 4.31 Å². The standard InChI is InChI=1S/C36H34N2O4S/c1-29-17-23-35(24-18-29)43(40,41)38(27-32-15-9-4-10-16-32)33-19-21-34(22-20-33)42-28-36(39)37(25-30-11-5-2-6-12-30)26-31-13-7-3-8-14-31/h2-24H,25-28H2,1H3. The van der Waals surface area contributed by atoms with Crippen LogP contribution >= 0.6 is 0 Å². The van der Waals surface area contributed by atoms with Crippen LogP contribution in [0.25, 0.3) is 0 Å². The first-order valence-corrected chi connectivity index (χ1v) is 15.5. The Labute approximate surface area is 253 Å². The van der Waals surface area contributed by atoms with E-state index in [-0.39, 0.29) is 24.0 Å². The van der Waals surface area contributed by atoms with Crippen molar-refractivity contribution >= 4 is 21.6 Å². The second kappa shape index (κ2) is 13.9. The summed E-state index contributed by atoms with van der Waals surface area (Å²) in [4.78, 5) is 15.3. The van der Waals surface area contributed by atoms with Crippen molar-refractivity contribution in [1.29, 1.82) is 0 Å². The smallest absolute Gasteiger partial charge is 0.264 e. The van der Waals surface area contributed by atoms with Crippen LogP contribution in [-0.4, -0.2) is 25.8 Å². The first kappa shape index (κ1) is 29.6. The van der Waals surface area contributed by atoms with E-state index >= 15 is 0 Å². The maximum Gasteiger partial charge on any atom is 0.264 e. The molecule has 0 aliphatic rings. The normalized spacial score (nSPS) is 11.1. The van der Waals surface area contributed by atoms with Gasteiger partial charge in [0.15, 0.2) is 6.61 Å². The molecule has 0 fully saturated rings. The third-order valence-electron chi connectivity index (χ3n) is 7.05. The van der Waals surface area contributed by atoms with Gasteiger partial charge in [0, 0.05) is 13.1 Å². The molecule has 5 aromatic rings. The third-order valence-corrected chi connectivity index (χ3v) is 8.84. The molecule has 5 aromatic carbocycles. The molecule has 6 nitrogen and oxygen atoms in total. The van der Waals surface area contributed by atoms with Crippen LogP contribution in [-0.2, 0) is 34.5 Å². The number of ether oxygens (including phenoxy) is 1. The van der Waals surface area contributed by atoms with Crippen LogP contribution < -0.4 is 9.04 Å². The van der Waals surface area contributed by atoms with Crippen LogP contribution in [0.1, 0.15) is 22.3 Å². The SMILES string of the molecule is Cc1ccc(S(=O)(=O)N(Cc2ccccc2)c2ccc(OCC(=O)N(Cc3ccccc3)Cc3ccccc3)cc2)cc1. The molecular formula is C36H34N2O4S. The number of nitrogens with zero attached hydrogens (tertiary/aromatic N) is 2. The van der Waals surface area contributed by atoms with E-state index in [1.807, 2.05) is 97.9 Å². The maximum atomic E-state index is 13.8. The number of amides is 1. The molecule has 43 heavy (non-hydrogen) atoms. The molecule has 0 N–H and O–H groups in total. The third kappa shape index (κ3) is 7.90. The minimum atomic E-state index is -3.85. The molecule has 7 heteroatoms. The van der Waals surface area contributed by atoms with Crippen molar-refractivity contribution in [3.8, 4) is 5.75 Å². The Morgan fingerprint density at radius 1 is 0.605 bits per heavy atom. The van der Waals surface area contributed by atoms with Gasteiger partial charge < -0.3 is 9.64 Å². The van der Waals surface area contributed by atoms with E-state index in [0.717, 1.165) is 22.3 Å². The number of hydrogen-bond acceptors (Lipinski definition) is 4. The second-order valence-corrected chi connectivity index (χ2v) is 12.2. The van der Waals surface area contributed by atoms with Crippen molar-refractivity contribution in [3.63, 3.8) is 0 Å². The second-order valence-electron chi connectivity index (χ2n) is 10.3. The van der Waals surface area contributed by atoms with Crippen LogP contribution in [0.2, 0.25) is 0 Å². The fourth-order valence-electron chi connectivity index (χ4n) is 4.69. The first-order chi connectivity index (χ1) is 20.9. The summed E-state index contributed by atoms with van der Waals surface area (Å²) in [5.74, 6) is 0.327. The Morgan fingerprint density at radius 3 is 1.56 bits per heavy atom. The van der Waals surface area contributed by atoms with Crippen LogP contribution in [0, 0.1) is 6.92 Å². The summed E-state index contributed by atoms with van der Waals surface area (Å²) in [6.45, 7) is 2.87. The molecule has 5 rings (SSSR count). The zero-order valence-corrected chi connectivity index (χ0v) is 24.9. The zero-order valence-electron chi connectivity index (χ0n) is 24.0. The quantitative estimate of drug-likeness (QED) is 0.157. The lowest BCUT2D eigenvalue weighted by Crippen LogP contribution is -2.34. The Hall–Kier alpha value is -4.88. The molecule has 0 unspecified atom stereocenters. The molecule has 0 aliphatic heterocycles. The number of carbonyl (C=O) groups excluding carboxylic acids is 1. The van der Waals surface area contributed by atoms with Gasteiger partial charge in [0.2, 0.25) is 0 Å².